The number of nitrogens with zero attached hydrogens (tertiary/aromatic N) is 3. The minimum atomic E-state index is 0.451. The molecule has 0 spiro atoms. The van der Waals surface area contributed by atoms with Crippen molar-refractivity contribution in [2.45, 2.75) is 44.7 Å². The second-order valence-electron chi connectivity index (χ2n) is 6.93. The van der Waals surface area contributed by atoms with Gasteiger partial charge >= 0.3 is 0 Å². The second-order valence-corrected chi connectivity index (χ2v) is 6.93. The van der Waals surface area contributed by atoms with Crippen molar-refractivity contribution in [1.82, 2.24) is 10.3 Å². The molecule has 4 heteroatoms. The van der Waals surface area contributed by atoms with Crippen molar-refractivity contribution in [3.63, 3.8) is 0 Å². The van der Waals surface area contributed by atoms with E-state index >= 15 is 0 Å². The Balaban J connectivity index is 1.51. The molecule has 0 aliphatic carbocycles. The quantitative estimate of drug-likeness (QED) is 0.906. The maximum atomic E-state index is 8.87. The minimum absolute atomic E-state index is 0.451. The number of rotatable bonds is 5. The molecule has 25 heavy (non-hydrogen) atoms. The van der Waals surface area contributed by atoms with E-state index in [0.717, 1.165) is 31.7 Å². The topological polar surface area (TPSA) is 52.0 Å². The molecule has 0 bridgehead atoms. The summed E-state index contributed by atoms with van der Waals surface area (Å²) in [7, 11) is 0. The van der Waals surface area contributed by atoms with E-state index in [1.165, 1.54) is 5.56 Å². The van der Waals surface area contributed by atoms with Crippen LogP contribution in [-0.2, 0) is 0 Å². The number of piperidine rings is 1. The first-order chi connectivity index (χ1) is 12.2. The van der Waals surface area contributed by atoms with Crippen molar-refractivity contribution in [3.8, 4) is 6.07 Å². The zero-order chi connectivity index (χ0) is 17.6. The van der Waals surface area contributed by atoms with Gasteiger partial charge < -0.3 is 10.2 Å². The fourth-order valence-electron chi connectivity index (χ4n) is 3.48. The second kappa shape index (κ2) is 8.13. The number of nitrogens with one attached hydrogen (secondary N) is 1. The molecular formula is C21H26N4. The highest BCUT2D eigenvalue weighted by Crippen LogP contribution is 2.22. The van der Waals surface area contributed by atoms with Crippen LogP contribution < -0.4 is 10.2 Å². The molecule has 4 nitrogen and oxygen atoms in total. The Bertz CT molecular complexity index is 697. The molecule has 0 saturated carbocycles. The molecule has 1 N–H and O–H groups in total. The largest absolute Gasteiger partial charge is 0.357 e. The van der Waals surface area contributed by atoms with Crippen LogP contribution in [0.2, 0.25) is 0 Å². The number of nitriles is 1. The Kier molecular flexibility index (Phi) is 5.67. The van der Waals surface area contributed by atoms with Gasteiger partial charge in [-0.15, -0.1) is 0 Å². The Morgan fingerprint density at radius 2 is 1.84 bits per heavy atom. The van der Waals surface area contributed by atoms with Gasteiger partial charge in [-0.05, 0) is 43.4 Å². The molecule has 3 rings (SSSR count). The van der Waals surface area contributed by atoms with E-state index in [2.05, 4.69) is 65.4 Å². The molecule has 1 aromatic carbocycles. The Labute approximate surface area is 150 Å². The van der Waals surface area contributed by atoms with Crippen LogP contribution in [0.5, 0.6) is 0 Å². The summed E-state index contributed by atoms with van der Waals surface area (Å²) in [5, 5.41) is 12.7. The molecule has 1 saturated heterocycles. The monoisotopic (exact) mass is 334 g/mol. The lowest BCUT2D eigenvalue weighted by molar-refractivity contribution is 0.354. The van der Waals surface area contributed by atoms with Gasteiger partial charge in [-0.25, -0.2) is 4.98 Å². The summed E-state index contributed by atoms with van der Waals surface area (Å²) in [4.78, 5) is 6.72. The van der Waals surface area contributed by atoms with Crippen molar-refractivity contribution in [2.24, 2.45) is 0 Å². The fraction of sp³-hybridized carbons (Fsp3) is 0.429. The zero-order valence-corrected chi connectivity index (χ0v) is 15.0. The first kappa shape index (κ1) is 17.4. The van der Waals surface area contributed by atoms with E-state index in [1.54, 1.807) is 6.20 Å². The lowest BCUT2D eigenvalue weighted by Gasteiger charge is -2.35. The number of hydrogen-bond acceptors (Lipinski definition) is 4. The summed E-state index contributed by atoms with van der Waals surface area (Å²) in [6.45, 7) is 6.58. The molecule has 0 amide bonds. The first-order valence-electron chi connectivity index (χ1n) is 9.09. The van der Waals surface area contributed by atoms with Crippen LogP contribution in [0.3, 0.4) is 0 Å². The van der Waals surface area contributed by atoms with Crippen molar-refractivity contribution in [3.05, 3.63) is 59.8 Å². The lowest BCUT2D eigenvalue weighted by Crippen LogP contribution is -2.47. The zero-order valence-electron chi connectivity index (χ0n) is 15.0. The lowest BCUT2D eigenvalue weighted by atomic mass is 9.93. The van der Waals surface area contributed by atoms with Gasteiger partial charge in [0.25, 0.3) is 0 Å². The smallest absolute Gasteiger partial charge is 0.128 e. The van der Waals surface area contributed by atoms with E-state index in [1.807, 2.05) is 12.1 Å². The SMILES string of the molecule is C[C@H](c1ccccc1)[C@@H](C)NC1CCN(c2ccc(C#N)cn2)CC1. The molecule has 2 heterocycles. The Hall–Kier alpha value is -2.38. The number of pyridine rings is 1. The van der Waals surface area contributed by atoms with Gasteiger partial charge in [0, 0.05) is 31.4 Å². The molecule has 130 valence electrons. The maximum absolute atomic E-state index is 8.87. The van der Waals surface area contributed by atoms with E-state index < -0.39 is 0 Å². The highest BCUT2D eigenvalue weighted by molar-refractivity contribution is 5.42. The summed E-state index contributed by atoms with van der Waals surface area (Å²) in [6.07, 6.45) is 3.89. The summed E-state index contributed by atoms with van der Waals surface area (Å²) < 4.78 is 0. The van der Waals surface area contributed by atoms with E-state index in [0.29, 0.717) is 23.6 Å². The standard InChI is InChI=1S/C21H26N4/c1-16(19-6-4-3-5-7-19)17(2)24-20-10-12-25(13-11-20)21-9-8-18(14-22)15-23-21/h3-9,15-17,20,24H,10-13H2,1-2H3/t16-,17+/m0/s1. The normalized spacial score (nSPS) is 17.7. The first-order valence-corrected chi connectivity index (χ1v) is 9.09. The van der Waals surface area contributed by atoms with E-state index in [4.69, 9.17) is 5.26 Å². The number of hydrogen-bond donors (Lipinski definition) is 1. The molecule has 1 fully saturated rings. The fourth-order valence-corrected chi connectivity index (χ4v) is 3.48. The molecular weight excluding hydrogens is 308 g/mol. The Morgan fingerprint density at radius 1 is 1.12 bits per heavy atom. The van der Waals surface area contributed by atoms with Crippen LogP contribution in [0.4, 0.5) is 5.82 Å². The third-order valence-corrected chi connectivity index (χ3v) is 5.27. The van der Waals surface area contributed by atoms with Crippen molar-refractivity contribution < 1.29 is 0 Å². The van der Waals surface area contributed by atoms with Gasteiger partial charge in [0.2, 0.25) is 0 Å². The minimum Gasteiger partial charge on any atom is -0.357 e. The molecule has 2 atom stereocenters. The third kappa shape index (κ3) is 4.37. The summed E-state index contributed by atoms with van der Waals surface area (Å²) in [5.41, 5.74) is 2.01. The molecule has 0 radical (unpaired) electrons. The van der Waals surface area contributed by atoms with Crippen LogP contribution in [0.25, 0.3) is 0 Å². The van der Waals surface area contributed by atoms with Gasteiger partial charge in [-0.1, -0.05) is 37.3 Å². The van der Waals surface area contributed by atoms with Crippen molar-refractivity contribution in [2.75, 3.05) is 18.0 Å². The third-order valence-electron chi connectivity index (χ3n) is 5.27. The molecule has 1 aliphatic heterocycles. The molecule has 2 aromatic rings. The average Bonchev–Trinajstić information content (AvgIpc) is 2.68. The number of anilines is 1. The predicted octanol–water partition coefficient (Wildman–Crippen LogP) is 3.70. The highest BCUT2D eigenvalue weighted by atomic mass is 15.2. The average molecular weight is 334 g/mol. The molecule has 1 aliphatic rings. The molecule has 0 unspecified atom stereocenters. The van der Waals surface area contributed by atoms with Gasteiger partial charge in [0.05, 0.1) is 5.56 Å². The predicted molar refractivity (Wildman–Crippen MR) is 102 cm³/mol. The summed E-state index contributed by atoms with van der Waals surface area (Å²) in [6, 6.07) is 17.6. The number of benzene rings is 1. The van der Waals surface area contributed by atoms with E-state index in [9.17, 15) is 0 Å². The van der Waals surface area contributed by atoms with Gasteiger partial charge in [0.1, 0.15) is 11.9 Å². The summed E-state index contributed by atoms with van der Waals surface area (Å²) in [5.74, 6) is 1.47. The highest BCUT2D eigenvalue weighted by Gasteiger charge is 2.23. The van der Waals surface area contributed by atoms with Crippen molar-refractivity contribution in [1.29, 1.82) is 5.26 Å². The van der Waals surface area contributed by atoms with Crippen molar-refractivity contribution >= 4 is 5.82 Å². The van der Waals surface area contributed by atoms with Crippen LogP contribution >= 0.6 is 0 Å². The van der Waals surface area contributed by atoms with E-state index in [-0.39, 0.29) is 0 Å². The van der Waals surface area contributed by atoms with Crippen LogP contribution in [0, 0.1) is 11.3 Å². The summed E-state index contributed by atoms with van der Waals surface area (Å²) >= 11 is 0. The van der Waals surface area contributed by atoms with Gasteiger partial charge in [-0.2, -0.15) is 5.26 Å². The van der Waals surface area contributed by atoms with Gasteiger partial charge in [-0.3, -0.25) is 0 Å². The van der Waals surface area contributed by atoms with Gasteiger partial charge in [0.15, 0.2) is 0 Å². The van der Waals surface area contributed by atoms with Crippen LogP contribution in [0.1, 0.15) is 43.7 Å². The maximum Gasteiger partial charge on any atom is 0.128 e. The Morgan fingerprint density at radius 3 is 2.44 bits per heavy atom. The van der Waals surface area contributed by atoms with Crippen LogP contribution in [0.15, 0.2) is 48.7 Å². The number of aromatic nitrogens is 1. The molecule has 1 aromatic heterocycles. The van der Waals surface area contributed by atoms with Crippen LogP contribution in [-0.4, -0.2) is 30.2 Å².